The Morgan fingerprint density at radius 2 is 2.26 bits per heavy atom. The lowest BCUT2D eigenvalue weighted by Crippen LogP contribution is -2.29. The van der Waals surface area contributed by atoms with Gasteiger partial charge < -0.3 is 0 Å². The monoisotopic (exact) mass is 360 g/mol. The number of hydrogen-bond donors (Lipinski definition) is 2. The molecule has 0 aromatic carbocycles. The molecule has 0 saturated carbocycles. The molecule has 8 heteroatoms. The van der Waals surface area contributed by atoms with Crippen LogP contribution in [0.25, 0.3) is 0 Å². The quantitative estimate of drug-likeness (QED) is 0.487. The van der Waals surface area contributed by atoms with Gasteiger partial charge in [0.25, 0.3) is 5.91 Å². The fraction of sp³-hybridized carbons (Fsp3) is 0.273. The summed E-state index contributed by atoms with van der Waals surface area (Å²) in [5, 5.41) is 4.34. The Kier molecular flexibility index (Phi) is 5.06. The van der Waals surface area contributed by atoms with Crippen LogP contribution in [0, 0.1) is 0 Å². The molecule has 102 valence electrons. The zero-order valence-electron chi connectivity index (χ0n) is 10.2. The fourth-order valence-corrected chi connectivity index (χ4v) is 3.82. The van der Waals surface area contributed by atoms with E-state index in [-0.39, 0.29) is 5.91 Å². The molecule has 0 saturated heterocycles. The van der Waals surface area contributed by atoms with Crippen molar-refractivity contribution in [3.8, 4) is 0 Å². The largest absolute Gasteiger partial charge is 0.295 e. The van der Waals surface area contributed by atoms with Gasteiger partial charge in [-0.3, -0.25) is 15.1 Å². The molecular weight excluding hydrogens is 348 g/mol. The topological polar surface area (TPSA) is 71.2 Å². The first kappa shape index (κ1) is 14.6. The Balaban J connectivity index is 1.93. The second kappa shape index (κ2) is 6.58. The molecule has 2 aromatic heterocycles. The van der Waals surface area contributed by atoms with Crippen LogP contribution in [0.2, 0.25) is 0 Å². The SMILES string of the molecule is CN(Cc1csc(C(=O)NN)n1)Cc1cc(Br)cs1. The summed E-state index contributed by atoms with van der Waals surface area (Å²) in [6.07, 6.45) is 0. The van der Waals surface area contributed by atoms with E-state index in [9.17, 15) is 4.79 Å². The Morgan fingerprint density at radius 1 is 1.47 bits per heavy atom. The van der Waals surface area contributed by atoms with Crippen molar-refractivity contribution < 1.29 is 4.79 Å². The number of thiophene rings is 1. The van der Waals surface area contributed by atoms with Crippen molar-refractivity contribution in [3.05, 3.63) is 36.9 Å². The molecular formula is C11H13BrN4OS2. The first-order valence-corrected chi connectivity index (χ1v) is 8.00. The van der Waals surface area contributed by atoms with Gasteiger partial charge in [0, 0.05) is 33.2 Å². The van der Waals surface area contributed by atoms with Crippen LogP contribution in [0.15, 0.2) is 21.3 Å². The highest BCUT2D eigenvalue weighted by Crippen LogP contribution is 2.21. The number of thiazole rings is 1. The van der Waals surface area contributed by atoms with Gasteiger partial charge in [-0.15, -0.1) is 22.7 Å². The number of nitrogens with two attached hydrogens (primary N) is 1. The van der Waals surface area contributed by atoms with E-state index in [2.05, 4.69) is 42.7 Å². The maximum atomic E-state index is 11.3. The summed E-state index contributed by atoms with van der Waals surface area (Å²) >= 11 is 6.46. The fourth-order valence-electron chi connectivity index (χ4n) is 1.58. The third-order valence-corrected chi connectivity index (χ3v) is 4.93. The summed E-state index contributed by atoms with van der Waals surface area (Å²) in [7, 11) is 2.02. The normalized spacial score (nSPS) is 10.9. The molecule has 0 atom stereocenters. The number of halogens is 1. The van der Waals surface area contributed by atoms with E-state index >= 15 is 0 Å². The van der Waals surface area contributed by atoms with Crippen molar-refractivity contribution in [1.82, 2.24) is 15.3 Å². The van der Waals surface area contributed by atoms with Crippen LogP contribution in [-0.4, -0.2) is 22.8 Å². The number of nitrogen functional groups attached to an aromatic ring is 1. The van der Waals surface area contributed by atoms with Crippen molar-refractivity contribution >= 4 is 44.5 Å². The van der Waals surface area contributed by atoms with Crippen LogP contribution in [0.1, 0.15) is 20.4 Å². The molecule has 1 amide bonds. The molecule has 0 bridgehead atoms. The van der Waals surface area contributed by atoms with Crippen LogP contribution in [0.4, 0.5) is 0 Å². The van der Waals surface area contributed by atoms with Crippen molar-refractivity contribution in [1.29, 1.82) is 0 Å². The van der Waals surface area contributed by atoms with E-state index in [0.29, 0.717) is 11.6 Å². The Bertz CT molecular complexity index is 569. The summed E-state index contributed by atoms with van der Waals surface area (Å²) in [5.74, 6) is 4.73. The predicted octanol–water partition coefficient (Wildman–Crippen LogP) is 2.20. The smallest absolute Gasteiger partial charge is 0.294 e. The minimum atomic E-state index is -0.346. The van der Waals surface area contributed by atoms with Gasteiger partial charge in [0.1, 0.15) is 0 Å². The first-order valence-electron chi connectivity index (χ1n) is 5.45. The van der Waals surface area contributed by atoms with Crippen LogP contribution in [0.5, 0.6) is 0 Å². The standard InChI is InChI=1S/C11H13BrN4OS2/c1-16(4-9-2-7(12)5-18-9)3-8-6-19-11(14-8)10(17)15-13/h2,5-6H,3-4,13H2,1H3,(H,15,17). The Morgan fingerprint density at radius 3 is 2.89 bits per heavy atom. The van der Waals surface area contributed by atoms with E-state index < -0.39 is 0 Å². The van der Waals surface area contributed by atoms with Crippen molar-refractivity contribution in [2.45, 2.75) is 13.1 Å². The second-order valence-corrected chi connectivity index (χ2v) is 6.79. The second-order valence-electron chi connectivity index (χ2n) is 4.02. The van der Waals surface area contributed by atoms with Crippen LogP contribution in [0.3, 0.4) is 0 Å². The third kappa shape index (κ3) is 4.08. The summed E-state index contributed by atoms with van der Waals surface area (Å²) < 4.78 is 1.11. The average Bonchev–Trinajstić information content (AvgIpc) is 2.98. The van der Waals surface area contributed by atoms with Gasteiger partial charge in [-0.1, -0.05) is 0 Å². The van der Waals surface area contributed by atoms with Crippen LogP contribution >= 0.6 is 38.6 Å². The molecule has 0 aliphatic rings. The van der Waals surface area contributed by atoms with E-state index in [1.54, 1.807) is 11.3 Å². The highest BCUT2D eigenvalue weighted by atomic mass is 79.9. The number of amides is 1. The van der Waals surface area contributed by atoms with E-state index in [1.807, 2.05) is 12.4 Å². The highest BCUT2D eigenvalue weighted by molar-refractivity contribution is 9.10. The molecule has 2 aromatic rings. The molecule has 0 aliphatic carbocycles. The van der Waals surface area contributed by atoms with E-state index in [1.165, 1.54) is 16.2 Å². The van der Waals surface area contributed by atoms with Gasteiger partial charge in [-0.25, -0.2) is 10.8 Å². The zero-order chi connectivity index (χ0) is 13.8. The van der Waals surface area contributed by atoms with Gasteiger partial charge in [0.15, 0.2) is 5.01 Å². The number of rotatable bonds is 5. The average molecular weight is 361 g/mol. The summed E-state index contributed by atoms with van der Waals surface area (Å²) in [6.45, 7) is 1.55. The molecule has 0 spiro atoms. The molecule has 0 unspecified atom stereocenters. The molecule has 3 N–H and O–H groups in total. The summed E-state index contributed by atoms with van der Waals surface area (Å²) in [5.41, 5.74) is 2.96. The van der Waals surface area contributed by atoms with Crippen molar-refractivity contribution in [2.75, 3.05) is 7.05 Å². The highest BCUT2D eigenvalue weighted by Gasteiger charge is 2.11. The van der Waals surface area contributed by atoms with Gasteiger partial charge in [-0.05, 0) is 29.0 Å². The van der Waals surface area contributed by atoms with Gasteiger partial charge >= 0.3 is 0 Å². The van der Waals surface area contributed by atoms with E-state index in [4.69, 9.17) is 5.84 Å². The molecule has 19 heavy (non-hydrogen) atoms. The molecule has 0 aliphatic heterocycles. The number of aromatic nitrogens is 1. The lowest BCUT2D eigenvalue weighted by molar-refractivity contribution is 0.0953. The molecule has 0 fully saturated rings. The number of hydrogen-bond acceptors (Lipinski definition) is 6. The van der Waals surface area contributed by atoms with Crippen molar-refractivity contribution in [2.24, 2.45) is 5.84 Å². The number of carbonyl (C=O) groups excluding carboxylic acids is 1. The van der Waals surface area contributed by atoms with Gasteiger partial charge in [0.2, 0.25) is 0 Å². The molecule has 2 rings (SSSR count). The molecule has 0 radical (unpaired) electrons. The minimum Gasteiger partial charge on any atom is -0.295 e. The Hall–Kier alpha value is -0.800. The minimum absolute atomic E-state index is 0.346. The van der Waals surface area contributed by atoms with E-state index in [0.717, 1.165) is 16.7 Å². The number of nitrogens with one attached hydrogen (secondary N) is 1. The number of nitrogens with zero attached hydrogens (tertiary/aromatic N) is 2. The van der Waals surface area contributed by atoms with Gasteiger partial charge in [0.05, 0.1) is 5.69 Å². The maximum Gasteiger partial charge on any atom is 0.294 e. The lowest BCUT2D eigenvalue weighted by Gasteiger charge is -2.13. The maximum absolute atomic E-state index is 11.3. The third-order valence-electron chi connectivity index (χ3n) is 2.36. The van der Waals surface area contributed by atoms with Gasteiger partial charge in [-0.2, -0.15) is 0 Å². The van der Waals surface area contributed by atoms with Crippen LogP contribution < -0.4 is 11.3 Å². The Labute approximate surface area is 127 Å². The predicted molar refractivity (Wildman–Crippen MR) is 81.0 cm³/mol. The molecule has 5 nitrogen and oxygen atoms in total. The van der Waals surface area contributed by atoms with Crippen molar-refractivity contribution in [3.63, 3.8) is 0 Å². The number of carbonyl (C=O) groups is 1. The zero-order valence-corrected chi connectivity index (χ0v) is 13.4. The summed E-state index contributed by atoms with van der Waals surface area (Å²) in [4.78, 5) is 19.0. The lowest BCUT2D eigenvalue weighted by atomic mass is 10.4. The van der Waals surface area contributed by atoms with Crippen LogP contribution in [-0.2, 0) is 13.1 Å². The first-order chi connectivity index (χ1) is 9.08. The molecule has 2 heterocycles. The number of hydrazine groups is 1. The summed E-state index contributed by atoms with van der Waals surface area (Å²) in [6, 6.07) is 2.11.